The number of carbonyl (C=O) groups excluding carboxylic acids is 1. The van der Waals surface area contributed by atoms with Crippen LogP contribution in [0.15, 0.2) is 23.0 Å². The van der Waals surface area contributed by atoms with Gasteiger partial charge in [-0.25, -0.2) is 14.2 Å². The molecule has 0 radical (unpaired) electrons. The lowest BCUT2D eigenvalue weighted by atomic mass is 10.2. The van der Waals surface area contributed by atoms with E-state index in [0.29, 0.717) is 38.5 Å². The van der Waals surface area contributed by atoms with Crippen molar-refractivity contribution < 1.29 is 18.7 Å². The number of aryl methyl sites for hydroxylation is 2. The van der Waals surface area contributed by atoms with Crippen molar-refractivity contribution >= 4 is 27.5 Å². The van der Waals surface area contributed by atoms with E-state index in [-0.39, 0.29) is 12.2 Å². The van der Waals surface area contributed by atoms with Crippen LogP contribution in [0.2, 0.25) is 0 Å². The van der Waals surface area contributed by atoms with Gasteiger partial charge in [-0.1, -0.05) is 6.42 Å². The Kier molecular flexibility index (Phi) is 5.36. The van der Waals surface area contributed by atoms with Gasteiger partial charge >= 0.3 is 5.97 Å². The predicted octanol–water partition coefficient (Wildman–Crippen LogP) is 4.00. The minimum atomic E-state index is -0.559. The molecule has 0 atom stereocenters. The highest BCUT2D eigenvalue weighted by atomic mass is 32.1. The van der Waals surface area contributed by atoms with Gasteiger partial charge in [0.05, 0.1) is 12.5 Å². The number of aromatic nitrogens is 2. The third-order valence-corrected chi connectivity index (χ3v) is 6.36. The van der Waals surface area contributed by atoms with Crippen molar-refractivity contribution in [2.75, 3.05) is 7.11 Å². The smallest absolute Gasteiger partial charge is 0.349 e. The van der Waals surface area contributed by atoms with Gasteiger partial charge < -0.3 is 9.47 Å². The number of methoxy groups -OCH3 is 1. The number of benzene rings is 1. The number of hydrogen-bond donors (Lipinski definition) is 0. The Balaban J connectivity index is 1.65. The number of hydrogen-bond acceptors (Lipinski definition) is 6. The van der Waals surface area contributed by atoms with Crippen molar-refractivity contribution in [2.24, 2.45) is 0 Å². The summed E-state index contributed by atoms with van der Waals surface area (Å²) in [6.45, 7) is 2.27. The molecule has 0 spiro atoms. The highest BCUT2D eigenvalue weighted by Gasteiger charge is 2.23. The first kappa shape index (κ1) is 19.6. The molecular formula is C21H21FN2O4S. The van der Waals surface area contributed by atoms with Crippen molar-refractivity contribution in [1.29, 1.82) is 0 Å². The van der Waals surface area contributed by atoms with E-state index >= 15 is 0 Å². The first-order chi connectivity index (χ1) is 14.0. The predicted molar refractivity (Wildman–Crippen MR) is 108 cm³/mol. The van der Waals surface area contributed by atoms with Gasteiger partial charge in [0.15, 0.2) is 0 Å². The van der Waals surface area contributed by atoms with E-state index in [2.05, 4.69) is 4.98 Å². The lowest BCUT2D eigenvalue weighted by Crippen LogP contribution is -2.24. The number of carbonyl (C=O) groups is 1. The number of fused-ring (bicyclic) bond motifs is 2. The van der Waals surface area contributed by atoms with Crippen LogP contribution in [0, 0.1) is 12.7 Å². The lowest BCUT2D eigenvalue weighted by molar-refractivity contribution is 0.0475. The zero-order chi connectivity index (χ0) is 20.5. The van der Waals surface area contributed by atoms with E-state index in [0.717, 1.165) is 31.5 Å². The average Bonchev–Trinajstić information content (AvgIpc) is 2.88. The summed E-state index contributed by atoms with van der Waals surface area (Å²) in [5.41, 5.74) is 0.925. The van der Waals surface area contributed by atoms with Crippen molar-refractivity contribution in [1.82, 2.24) is 9.55 Å². The molecule has 0 fully saturated rings. The maximum absolute atomic E-state index is 13.5. The number of ether oxygens (including phenoxy) is 2. The molecule has 0 saturated heterocycles. The Morgan fingerprint density at radius 1 is 1.31 bits per heavy atom. The summed E-state index contributed by atoms with van der Waals surface area (Å²) < 4.78 is 25.8. The summed E-state index contributed by atoms with van der Waals surface area (Å²) in [7, 11) is 1.47. The summed E-state index contributed by atoms with van der Waals surface area (Å²) in [4.78, 5) is 31.3. The van der Waals surface area contributed by atoms with Gasteiger partial charge in [-0.05, 0) is 43.5 Å². The Bertz CT molecular complexity index is 1150. The molecule has 0 saturated carbocycles. The topological polar surface area (TPSA) is 70.4 Å². The van der Waals surface area contributed by atoms with Gasteiger partial charge in [0.1, 0.15) is 33.7 Å². The quantitative estimate of drug-likeness (QED) is 0.602. The second-order valence-corrected chi connectivity index (χ2v) is 8.06. The first-order valence-corrected chi connectivity index (χ1v) is 10.3. The second-order valence-electron chi connectivity index (χ2n) is 7.06. The molecule has 0 N–H and O–H groups in total. The summed E-state index contributed by atoms with van der Waals surface area (Å²) in [5, 5.41) is 0.482. The highest BCUT2D eigenvalue weighted by Crippen LogP contribution is 2.29. The van der Waals surface area contributed by atoms with E-state index in [9.17, 15) is 14.0 Å². The Labute approximate surface area is 170 Å². The van der Waals surface area contributed by atoms with Crippen LogP contribution in [0.4, 0.5) is 4.39 Å². The molecule has 4 rings (SSSR count). The molecular weight excluding hydrogens is 395 g/mol. The maximum Gasteiger partial charge on any atom is 0.349 e. The monoisotopic (exact) mass is 416 g/mol. The molecule has 152 valence electrons. The minimum absolute atomic E-state index is 0.0912. The summed E-state index contributed by atoms with van der Waals surface area (Å²) in [6.07, 6.45) is 3.80. The zero-order valence-corrected chi connectivity index (χ0v) is 17.1. The van der Waals surface area contributed by atoms with Crippen LogP contribution in [0.3, 0.4) is 0 Å². The fourth-order valence-corrected chi connectivity index (χ4v) is 4.76. The van der Waals surface area contributed by atoms with Crippen LogP contribution in [-0.2, 0) is 24.3 Å². The maximum atomic E-state index is 13.5. The van der Waals surface area contributed by atoms with Crippen LogP contribution < -0.4 is 10.3 Å². The van der Waals surface area contributed by atoms with Crippen molar-refractivity contribution in [3.05, 3.63) is 56.2 Å². The molecule has 29 heavy (non-hydrogen) atoms. The molecule has 0 bridgehead atoms. The molecule has 0 unspecified atom stereocenters. The molecule has 8 heteroatoms. The Hall–Kier alpha value is -2.74. The number of halogens is 1. The van der Waals surface area contributed by atoms with E-state index in [1.165, 1.54) is 36.6 Å². The number of thiophene rings is 1. The van der Waals surface area contributed by atoms with Gasteiger partial charge in [0.25, 0.3) is 5.56 Å². The minimum Gasteiger partial charge on any atom is -0.496 e. The van der Waals surface area contributed by atoms with Crippen LogP contribution in [0.5, 0.6) is 5.75 Å². The van der Waals surface area contributed by atoms with Crippen molar-refractivity contribution in [2.45, 2.75) is 45.8 Å². The van der Waals surface area contributed by atoms with Crippen molar-refractivity contribution in [3.8, 4) is 5.75 Å². The largest absolute Gasteiger partial charge is 0.496 e. The van der Waals surface area contributed by atoms with Gasteiger partial charge in [-0.15, -0.1) is 11.3 Å². The summed E-state index contributed by atoms with van der Waals surface area (Å²) in [5.74, 6) is 0.228. The number of nitrogens with zero attached hydrogens (tertiary/aromatic N) is 2. The van der Waals surface area contributed by atoms with E-state index < -0.39 is 11.8 Å². The number of rotatable bonds is 4. The molecule has 0 aliphatic carbocycles. The third-order valence-electron chi connectivity index (χ3n) is 5.20. The van der Waals surface area contributed by atoms with Gasteiger partial charge in [-0.3, -0.25) is 9.36 Å². The van der Waals surface area contributed by atoms with Crippen LogP contribution in [0.1, 0.15) is 45.9 Å². The third kappa shape index (κ3) is 3.64. The molecule has 1 aliphatic rings. The average molecular weight is 416 g/mol. The fraction of sp³-hybridized carbons (Fsp3) is 0.381. The SMILES string of the molecule is COc1ccc(F)cc1COC(=O)c1sc2nc3n(c(=O)c2c1C)CCCCC3. The Morgan fingerprint density at radius 2 is 2.14 bits per heavy atom. The van der Waals surface area contributed by atoms with E-state index in [4.69, 9.17) is 9.47 Å². The molecule has 1 aromatic carbocycles. The molecule has 3 aromatic rings. The zero-order valence-electron chi connectivity index (χ0n) is 16.3. The molecule has 6 nitrogen and oxygen atoms in total. The molecule has 1 aliphatic heterocycles. The summed E-state index contributed by atoms with van der Waals surface area (Å²) >= 11 is 1.17. The van der Waals surface area contributed by atoms with Gasteiger partial charge in [-0.2, -0.15) is 0 Å². The Morgan fingerprint density at radius 3 is 2.93 bits per heavy atom. The van der Waals surface area contributed by atoms with Crippen molar-refractivity contribution in [3.63, 3.8) is 0 Å². The lowest BCUT2D eigenvalue weighted by Gasteiger charge is -2.09. The van der Waals surface area contributed by atoms with Gasteiger partial charge in [0.2, 0.25) is 0 Å². The standard InChI is InChI=1S/C21H21FN2O4S/c1-12-17-19(23-16-6-4-3-5-9-24(16)20(17)25)29-18(12)21(26)28-11-13-10-14(22)7-8-15(13)27-2/h7-8,10H,3-6,9,11H2,1-2H3. The van der Waals surface area contributed by atoms with Crippen LogP contribution in [-0.4, -0.2) is 22.6 Å². The highest BCUT2D eigenvalue weighted by molar-refractivity contribution is 7.20. The molecule has 0 amide bonds. The number of esters is 1. The molecule has 2 aromatic heterocycles. The first-order valence-electron chi connectivity index (χ1n) is 9.52. The van der Waals surface area contributed by atoms with Gasteiger partial charge in [0, 0.05) is 18.5 Å². The van der Waals surface area contributed by atoms with Crippen LogP contribution in [0.25, 0.3) is 10.2 Å². The van der Waals surface area contributed by atoms with E-state index in [1.54, 1.807) is 11.5 Å². The second kappa shape index (κ2) is 7.94. The summed E-state index contributed by atoms with van der Waals surface area (Å²) in [6, 6.07) is 4.04. The van der Waals surface area contributed by atoms with Crippen LogP contribution >= 0.6 is 11.3 Å². The molecule has 3 heterocycles. The normalized spacial score (nSPS) is 13.8. The fourth-order valence-electron chi connectivity index (χ4n) is 3.67. The van der Waals surface area contributed by atoms with E-state index in [1.807, 2.05) is 0 Å².